The van der Waals surface area contributed by atoms with Crippen LogP contribution in [0.4, 0.5) is 0 Å². The molecular weight excluding hydrogens is 202 g/mol. The molecule has 0 aliphatic carbocycles. The van der Waals surface area contributed by atoms with Crippen LogP contribution < -0.4 is 5.32 Å². The van der Waals surface area contributed by atoms with E-state index < -0.39 is 11.9 Å². The Morgan fingerprint density at radius 1 is 1.20 bits per heavy atom. The summed E-state index contributed by atoms with van der Waals surface area (Å²) < 4.78 is 8.91. The number of nitrogens with one attached hydrogen (secondary N) is 1. The first-order valence-electron chi connectivity index (χ1n) is 4.23. The molecular formula is C9H13NO5. The third-order valence-corrected chi connectivity index (χ3v) is 1.28. The topological polar surface area (TPSA) is 81.7 Å². The van der Waals surface area contributed by atoms with Gasteiger partial charge >= 0.3 is 11.9 Å². The highest BCUT2D eigenvalue weighted by molar-refractivity contribution is 5.91. The van der Waals surface area contributed by atoms with Crippen LogP contribution in [0, 0.1) is 0 Å². The fourth-order valence-corrected chi connectivity index (χ4v) is 0.631. The fourth-order valence-electron chi connectivity index (χ4n) is 0.631. The van der Waals surface area contributed by atoms with Gasteiger partial charge in [-0.05, 0) is 0 Å². The molecule has 0 atom stereocenters. The molecule has 1 N–H and O–H groups in total. The first-order chi connectivity index (χ1) is 7.06. The third kappa shape index (κ3) is 8.48. The molecule has 0 saturated heterocycles. The van der Waals surface area contributed by atoms with Crippen molar-refractivity contribution in [3.05, 3.63) is 12.2 Å². The molecule has 1 amide bonds. The predicted molar refractivity (Wildman–Crippen MR) is 50.8 cm³/mol. The molecule has 0 bridgehead atoms. The van der Waals surface area contributed by atoms with Crippen LogP contribution in [0.2, 0.25) is 0 Å². The van der Waals surface area contributed by atoms with Gasteiger partial charge < -0.3 is 14.8 Å². The quantitative estimate of drug-likeness (QED) is 0.376. The maximum atomic E-state index is 10.9. The smallest absolute Gasteiger partial charge is 0.331 e. The number of esters is 2. The highest BCUT2D eigenvalue weighted by Gasteiger charge is 1.99. The first kappa shape index (κ1) is 13.2. The summed E-state index contributed by atoms with van der Waals surface area (Å²) in [6, 6.07) is 0. The van der Waals surface area contributed by atoms with Crippen LogP contribution in [-0.2, 0) is 23.9 Å². The molecule has 0 aromatic carbocycles. The maximum Gasteiger partial charge on any atom is 0.331 e. The monoisotopic (exact) mass is 215 g/mol. The molecule has 0 aromatic rings. The number of methoxy groups -OCH3 is 1. The second kappa shape index (κ2) is 7.54. The molecule has 6 heteroatoms. The van der Waals surface area contributed by atoms with Gasteiger partial charge in [0.2, 0.25) is 5.91 Å². The largest absolute Gasteiger partial charge is 0.466 e. The Morgan fingerprint density at radius 2 is 1.80 bits per heavy atom. The zero-order chi connectivity index (χ0) is 11.7. The Hall–Kier alpha value is -1.85. The van der Waals surface area contributed by atoms with Crippen molar-refractivity contribution < 1.29 is 23.9 Å². The molecule has 0 heterocycles. The molecule has 0 aliphatic heterocycles. The fraction of sp³-hybridized carbons (Fsp3) is 0.444. The summed E-state index contributed by atoms with van der Waals surface area (Å²) in [5.74, 6) is -1.49. The van der Waals surface area contributed by atoms with E-state index in [1.54, 1.807) is 0 Å². The first-order valence-corrected chi connectivity index (χ1v) is 4.23. The van der Waals surface area contributed by atoms with Crippen molar-refractivity contribution in [1.29, 1.82) is 0 Å². The molecule has 0 rings (SSSR count). The molecule has 0 spiro atoms. The van der Waals surface area contributed by atoms with E-state index in [0.29, 0.717) is 0 Å². The number of hydrogen-bond donors (Lipinski definition) is 1. The third-order valence-electron chi connectivity index (χ3n) is 1.28. The summed E-state index contributed by atoms with van der Waals surface area (Å²) in [4.78, 5) is 31.9. The summed E-state index contributed by atoms with van der Waals surface area (Å²) in [6.07, 6.45) is 1.92. The van der Waals surface area contributed by atoms with E-state index in [1.165, 1.54) is 14.0 Å². The van der Waals surface area contributed by atoms with Crippen LogP contribution in [0.1, 0.15) is 6.92 Å². The zero-order valence-corrected chi connectivity index (χ0v) is 8.61. The summed E-state index contributed by atoms with van der Waals surface area (Å²) >= 11 is 0. The maximum absolute atomic E-state index is 10.9. The minimum absolute atomic E-state index is 0.0595. The second-order valence-corrected chi connectivity index (χ2v) is 2.51. The number of carbonyl (C=O) groups excluding carboxylic acids is 3. The normalized spacial score (nSPS) is 9.73. The van der Waals surface area contributed by atoms with Gasteiger partial charge in [-0.25, -0.2) is 9.59 Å². The van der Waals surface area contributed by atoms with Gasteiger partial charge in [-0.2, -0.15) is 0 Å². The van der Waals surface area contributed by atoms with Gasteiger partial charge in [0.05, 0.1) is 13.7 Å². The van der Waals surface area contributed by atoms with Crippen LogP contribution in [-0.4, -0.2) is 38.1 Å². The molecule has 15 heavy (non-hydrogen) atoms. The minimum Gasteiger partial charge on any atom is -0.466 e. The lowest BCUT2D eigenvalue weighted by Gasteiger charge is -2.01. The van der Waals surface area contributed by atoms with Gasteiger partial charge in [-0.1, -0.05) is 0 Å². The number of carbonyl (C=O) groups is 3. The van der Waals surface area contributed by atoms with Crippen LogP contribution >= 0.6 is 0 Å². The minimum atomic E-state index is -0.661. The van der Waals surface area contributed by atoms with E-state index in [9.17, 15) is 14.4 Å². The second-order valence-electron chi connectivity index (χ2n) is 2.51. The summed E-state index contributed by atoms with van der Waals surface area (Å²) in [7, 11) is 1.20. The predicted octanol–water partition coefficient (Wildman–Crippen LogP) is -0.605. The highest BCUT2D eigenvalue weighted by Crippen LogP contribution is 1.83. The van der Waals surface area contributed by atoms with Gasteiger partial charge in [0.25, 0.3) is 0 Å². The zero-order valence-electron chi connectivity index (χ0n) is 8.61. The number of ether oxygens (including phenoxy) is 2. The van der Waals surface area contributed by atoms with Crippen LogP contribution in [0.25, 0.3) is 0 Å². The SMILES string of the molecule is COC(=O)/C=C/C(=O)OCCNC(C)=O. The Balaban J connectivity index is 3.62. The Morgan fingerprint density at radius 3 is 2.33 bits per heavy atom. The van der Waals surface area contributed by atoms with E-state index in [2.05, 4.69) is 14.8 Å². The molecule has 84 valence electrons. The Labute approximate surface area is 87.2 Å². The van der Waals surface area contributed by atoms with E-state index in [1.807, 2.05) is 0 Å². The number of hydrogen-bond acceptors (Lipinski definition) is 5. The Kier molecular flexibility index (Phi) is 6.61. The van der Waals surface area contributed by atoms with Crippen molar-refractivity contribution in [3.63, 3.8) is 0 Å². The van der Waals surface area contributed by atoms with Crippen molar-refractivity contribution in [2.75, 3.05) is 20.3 Å². The van der Waals surface area contributed by atoms with E-state index >= 15 is 0 Å². The average molecular weight is 215 g/mol. The van der Waals surface area contributed by atoms with E-state index in [-0.39, 0.29) is 19.1 Å². The summed E-state index contributed by atoms with van der Waals surface area (Å²) in [5, 5.41) is 2.45. The van der Waals surface area contributed by atoms with Gasteiger partial charge in [0, 0.05) is 19.1 Å². The highest BCUT2D eigenvalue weighted by atomic mass is 16.5. The lowest BCUT2D eigenvalue weighted by Crippen LogP contribution is -2.25. The number of amides is 1. The lowest BCUT2D eigenvalue weighted by atomic mass is 10.5. The van der Waals surface area contributed by atoms with Gasteiger partial charge in [0.15, 0.2) is 0 Å². The van der Waals surface area contributed by atoms with E-state index in [4.69, 9.17) is 0 Å². The van der Waals surface area contributed by atoms with Crippen molar-refractivity contribution in [3.8, 4) is 0 Å². The van der Waals surface area contributed by atoms with Crippen LogP contribution in [0.15, 0.2) is 12.2 Å². The lowest BCUT2D eigenvalue weighted by molar-refractivity contribution is -0.139. The van der Waals surface area contributed by atoms with Crippen molar-refractivity contribution in [2.24, 2.45) is 0 Å². The van der Waals surface area contributed by atoms with Crippen LogP contribution in [0.5, 0.6) is 0 Å². The van der Waals surface area contributed by atoms with Gasteiger partial charge in [-0.15, -0.1) is 0 Å². The molecule has 0 unspecified atom stereocenters. The van der Waals surface area contributed by atoms with Crippen LogP contribution in [0.3, 0.4) is 0 Å². The van der Waals surface area contributed by atoms with Crippen molar-refractivity contribution >= 4 is 17.8 Å². The van der Waals surface area contributed by atoms with Gasteiger partial charge in [-0.3, -0.25) is 4.79 Å². The molecule has 0 fully saturated rings. The molecule has 6 nitrogen and oxygen atoms in total. The number of rotatable bonds is 5. The average Bonchev–Trinajstić information content (AvgIpc) is 2.20. The van der Waals surface area contributed by atoms with Gasteiger partial charge in [0.1, 0.15) is 6.61 Å². The molecule has 0 radical (unpaired) electrons. The standard InChI is InChI=1S/C9H13NO5/c1-7(11)10-5-6-15-9(13)4-3-8(12)14-2/h3-4H,5-6H2,1-2H3,(H,10,11)/b4-3+. The molecule has 0 saturated carbocycles. The summed E-state index contributed by atoms with van der Waals surface area (Å²) in [5.41, 5.74) is 0. The molecule has 0 aromatic heterocycles. The van der Waals surface area contributed by atoms with Crippen molar-refractivity contribution in [2.45, 2.75) is 6.92 Å². The summed E-state index contributed by atoms with van der Waals surface area (Å²) in [6.45, 7) is 1.66. The van der Waals surface area contributed by atoms with Crippen molar-refractivity contribution in [1.82, 2.24) is 5.32 Å². The molecule has 0 aliphatic rings. The van der Waals surface area contributed by atoms with E-state index in [0.717, 1.165) is 12.2 Å². The Bertz CT molecular complexity index is 272.